The lowest BCUT2D eigenvalue weighted by atomic mass is 9.99. The van der Waals surface area contributed by atoms with Gasteiger partial charge in [0.15, 0.2) is 18.5 Å². The Bertz CT molecular complexity index is 1220. The summed E-state index contributed by atoms with van der Waals surface area (Å²) in [4.78, 5) is 37.0. The van der Waals surface area contributed by atoms with Crippen molar-refractivity contribution >= 4 is 17.9 Å². The molecule has 6 atom stereocenters. The van der Waals surface area contributed by atoms with Gasteiger partial charge in [-0.3, -0.25) is 9.59 Å². The maximum absolute atomic E-state index is 12.8. The summed E-state index contributed by atoms with van der Waals surface area (Å²) >= 11 is 0. The molecular weight excluding hydrogens is 825 g/mol. The lowest BCUT2D eigenvalue weighted by molar-refractivity contribution is -0.298. The van der Waals surface area contributed by atoms with E-state index in [2.05, 4.69) is 50.3 Å². The lowest BCUT2D eigenvalue weighted by Crippen LogP contribution is -2.60. The third kappa shape index (κ3) is 35.3. The predicted octanol–water partition coefficient (Wildman–Crippen LogP) is 12.7. The number of hydrogen-bond donors (Lipinski definition) is 4. The van der Waals surface area contributed by atoms with E-state index in [0.717, 1.165) is 51.4 Å². The van der Waals surface area contributed by atoms with Crippen LogP contribution in [0.1, 0.15) is 239 Å². The number of hydrogen-bond acceptors (Lipinski definition) is 10. The number of carboxylic acid groups (broad SMARTS) is 1. The van der Waals surface area contributed by atoms with Crippen LogP contribution in [0.2, 0.25) is 0 Å². The van der Waals surface area contributed by atoms with Crippen molar-refractivity contribution in [2.75, 3.05) is 13.2 Å². The van der Waals surface area contributed by atoms with Gasteiger partial charge in [-0.2, -0.15) is 0 Å². The van der Waals surface area contributed by atoms with Crippen molar-refractivity contribution in [1.82, 2.24) is 0 Å². The summed E-state index contributed by atoms with van der Waals surface area (Å²) in [5.74, 6) is -2.45. The Morgan fingerprint density at radius 3 is 1.31 bits per heavy atom. The van der Waals surface area contributed by atoms with E-state index >= 15 is 0 Å². The first-order chi connectivity index (χ1) is 31.7. The summed E-state index contributed by atoms with van der Waals surface area (Å²) in [5.41, 5.74) is 0. The molecule has 1 fully saturated rings. The predicted molar refractivity (Wildman–Crippen MR) is 261 cm³/mol. The van der Waals surface area contributed by atoms with Crippen molar-refractivity contribution in [3.8, 4) is 0 Å². The molecule has 65 heavy (non-hydrogen) atoms. The van der Waals surface area contributed by atoms with Crippen LogP contribution in [0, 0.1) is 0 Å². The smallest absolute Gasteiger partial charge is 0.335 e. The first kappa shape index (κ1) is 60.4. The Balaban J connectivity index is 2.29. The van der Waals surface area contributed by atoms with Crippen molar-refractivity contribution in [1.29, 1.82) is 0 Å². The van der Waals surface area contributed by atoms with E-state index in [1.54, 1.807) is 0 Å². The molecule has 11 nitrogen and oxygen atoms in total. The summed E-state index contributed by atoms with van der Waals surface area (Å²) in [6.45, 7) is 3.82. The maximum atomic E-state index is 12.8. The molecule has 1 aliphatic rings. The summed E-state index contributed by atoms with van der Waals surface area (Å²) in [7, 11) is 0. The van der Waals surface area contributed by atoms with Gasteiger partial charge in [-0.15, -0.1) is 0 Å². The molecule has 1 aliphatic heterocycles. The molecule has 0 bridgehead atoms. The minimum absolute atomic E-state index is 0.180. The van der Waals surface area contributed by atoms with Crippen LogP contribution < -0.4 is 0 Å². The van der Waals surface area contributed by atoms with Crippen molar-refractivity contribution in [2.45, 2.75) is 275 Å². The van der Waals surface area contributed by atoms with Crippen LogP contribution in [0.5, 0.6) is 0 Å². The van der Waals surface area contributed by atoms with E-state index in [1.807, 2.05) is 0 Å². The van der Waals surface area contributed by atoms with Gasteiger partial charge in [0.25, 0.3) is 0 Å². The van der Waals surface area contributed by atoms with E-state index in [0.29, 0.717) is 12.8 Å². The molecule has 1 rings (SSSR count). The number of aliphatic hydroxyl groups excluding tert-OH is 3. The molecule has 6 unspecified atom stereocenters. The Morgan fingerprint density at radius 2 is 0.862 bits per heavy atom. The zero-order chi connectivity index (χ0) is 47.4. The summed E-state index contributed by atoms with van der Waals surface area (Å²) in [6.07, 6.45) is 43.3. The highest BCUT2D eigenvalue weighted by Gasteiger charge is 2.47. The van der Waals surface area contributed by atoms with Gasteiger partial charge in [-0.25, -0.2) is 4.79 Å². The molecule has 0 amide bonds. The molecule has 0 aromatic rings. The van der Waals surface area contributed by atoms with Gasteiger partial charge in [0, 0.05) is 12.8 Å². The normalized spacial score (nSPS) is 19.4. The topological polar surface area (TPSA) is 169 Å². The van der Waals surface area contributed by atoms with Crippen LogP contribution in [0.3, 0.4) is 0 Å². The Kier molecular flexibility index (Phi) is 40.9. The zero-order valence-electron chi connectivity index (χ0n) is 41.2. The minimum Gasteiger partial charge on any atom is -0.479 e. The minimum atomic E-state index is -1.86. The third-order valence-corrected chi connectivity index (χ3v) is 12.2. The monoisotopic (exact) mass is 921 g/mol. The van der Waals surface area contributed by atoms with Crippen LogP contribution in [0.4, 0.5) is 0 Å². The molecule has 1 heterocycles. The summed E-state index contributed by atoms with van der Waals surface area (Å²) < 4.78 is 21.8. The fraction of sp³-hybridized carbons (Fsp3) is 0.833. The number of carboxylic acids is 1. The second kappa shape index (κ2) is 44.0. The number of allylic oxidation sites excluding steroid dienone is 6. The van der Waals surface area contributed by atoms with Crippen LogP contribution in [0.25, 0.3) is 0 Å². The van der Waals surface area contributed by atoms with Crippen molar-refractivity contribution in [3.63, 3.8) is 0 Å². The number of carbonyl (C=O) groups is 3. The molecule has 1 saturated heterocycles. The zero-order valence-corrected chi connectivity index (χ0v) is 41.2. The van der Waals surface area contributed by atoms with Gasteiger partial charge in [0.1, 0.15) is 24.9 Å². The van der Waals surface area contributed by atoms with Gasteiger partial charge >= 0.3 is 17.9 Å². The first-order valence-corrected chi connectivity index (χ1v) is 26.5. The molecule has 0 aromatic heterocycles. The number of carbonyl (C=O) groups excluding carboxylic acids is 2. The van der Waals surface area contributed by atoms with Gasteiger partial charge in [-0.1, -0.05) is 192 Å². The van der Waals surface area contributed by atoms with E-state index in [4.69, 9.17) is 18.9 Å². The maximum Gasteiger partial charge on any atom is 0.335 e. The van der Waals surface area contributed by atoms with Gasteiger partial charge in [0.2, 0.25) is 0 Å². The van der Waals surface area contributed by atoms with Gasteiger partial charge < -0.3 is 39.4 Å². The summed E-state index contributed by atoms with van der Waals surface area (Å²) in [6, 6.07) is 0. The number of unbranched alkanes of at least 4 members (excludes halogenated alkanes) is 28. The second-order valence-electron chi connectivity index (χ2n) is 18.4. The van der Waals surface area contributed by atoms with Gasteiger partial charge in [0.05, 0.1) is 6.61 Å². The number of esters is 2. The first-order valence-electron chi connectivity index (χ1n) is 26.5. The molecule has 0 aliphatic carbocycles. The molecular formula is C54H96O11. The van der Waals surface area contributed by atoms with E-state index < -0.39 is 61.3 Å². The largest absolute Gasteiger partial charge is 0.479 e. The quantitative estimate of drug-likeness (QED) is 0.0260. The number of aliphatic carboxylic acids is 1. The molecule has 0 aromatic carbocycles. The van der Waals surface area contributed by atoms with Gasteiger partial charge in [-0.05, 0) is 70.6 Å². The molecule has 378 valence electrons. The molecule has 0 spiro atoms. The van der Waals surface area contributed by atoms with E-state index in [9.17, 15) is 34.8 Å². The van der Waals surface area contributed by atoms with Crippen molar-refractivity contribution in [3.05, 3.63) is 36.5 Å². The number of rotatable bonds is 45. The highest BCUT2D eigenvalue weighted by atomic mass is 16.7. The average molecular weight is 921 g/mol. The van der Waals surface area contributed by atoms with Crippen molar-refractivity contribution < 1.29 is 53.8 Å². The summed E-state index contributed by atoms with van der Waals surface area (Å²) in [5, 5.41) is 40.0. The van der Waals surface area contributed by atoms with E-state index in [1.165, 1.54) is 148 Å². The third-order valence-electron chi connectivity index (χ3n) is 12.2. The highest BCUT2D eigenvalue weighted by molar-refractivity contribution is 5.73. The lowest BCUT2D eigenvalue weighted by Gasteiger charge is -2.38. The molecule has 0 radical (unpaired) electrons. The molecule has 11 heteroatoms. The Hall–Kier alpha value is -2.57. The fourth-order valence-electron chi connectivity index (χ4n) is 8.02. The van der Waals surface area contributed by atoms with Crippen LogP contribution in [-0.4, -0.2) is 88.4 Å². The van der Waals surface area contributed by atoms with Crippen LogP contribution >= 0.6 is 0 Å². The van der Waals surface area contributed by atoms with Crippen LogP contribution in [-0.2, 0) is 33.3 Å². The molecule has 0 saturated carbocycles. The fourth-order valence-corrected chi connectivity index (χ4v) is 8.02. The number of aliphatic hydroxyl groups is 3. The highest BCUT2D eigenvalue weighted by Crippen LogP contribution is 2.23. The van der Waals surface area contributed by atoms with Crippen molar-refractivity contribution in [2.24, 2.45) is 0 Å². The van der Waals surface area contributed by atoms with Crippen LogP contribution in [0.15, 0.2) is 36.5 Å². The SMILES string of the molecule is CCCCCC/C=C\C/C=C\CCCCCCCCCC(=O)OCC(COC1OC(C(=O)O)C(O)C(O)C1O)OC(=O)CCCCCCCCCCC/C=C\CCCCCCCCCC. The Labute approximate surface area is 395 Å². The van der Waals surface area contributed by atoms with E-state index in [-0.39, 0.29) is 19.4 Å². The Morgan fingerprint density at radius 1 is 0.477 bits per heavy atom. The standard InChI is InChI=1S/C54H96O11/c1-3-5-7-9-11-13-15-17-19-21-23-24-25-27-29-31-33-35-37-39-41-43-48(56)64-46(45-63-54-51(59)49(57)50(58)52(65-54)53(60)61)44-62-47(55)42-40-38-36-34-32-30-28-26-22-20-18-16-14-12-10-8-6-4-2/h14,16,20-23,46,49-52,54,57-59H,3-13,15,17-19,24-45H2,1-2H3,(H,60,61)/b16-14-,22-20-,23-21-. The molecule has 4 N–H and O–H groups in total. The second-order valence-corrected chi connectivity index (χ2v) is 18.4. The number of ether oxygens (including phenoxy) is 4. The average Bonchev–Trinajstić information content (AvgIpc) is 3.29.